The van der Waals surface area contributed by atoms with Gasteiger partial charge in [0.1, 0.15) is 5.82 Å². The van der Waals surface area contributed by atoms with Crippen LogP contribution in [-0.2, 0) is 12.6 Å². The molecular weight excluding hydrogens is 123 g/mol. The van der Waals surface area contributed by atoms with E-state index in [1.165, 1.54) is 12.1 Å². The molecule has 0 aliphatic heterocycles. The Bertz CT molecular complexity index is 147. The number of halogens is 1. The monoisotopic (exact) mass is 127 g/mol. The van der Waals surface area contributed by atoms with Crippen molar-refractivity contribution >= 4 is 12.6 Å². The molecule has 1 aromatic rings. The molecule has 0 saturated carbocycles. The van der Waals surface area contributed by atoms with Crippen molar-refractivity contribution in [2.24, 2.45) is 0 Å². The van der Waals surface area contributed by atoms with E-state index in [0.717, 1.165) is 0 Å². The van der Waals surface area contributed by atoms with Crippen molar-refractivity contribution in [2.45, 2.75) is 4.90 Å². The maximum absolute atomic E-state index is 12.0. The largest absolute Gasteiger partial charge is 0.780 e. The van der Waals surface area contributed by atoms with Crippen molar-refractivity contribution in [3.05, 3.63) is 30.1 Å². The Balaban J connectivity index is 3.03. The Morgan fingerprint density at radius 2 is 1.62 bits per heavy atom. The predicted octanol–water partition coefficient (Wildman–Crippen LogP) is 1.73. The SMILES string of the molecule is Fc1ccc([S-])cc1. The molecule has 2 heteroatoms. The van der Waals surface area contributed by atoms with Crippen molar-refractivity contribution < 1.29 is 4.39 Å². The van der Waals surface area contributed by atoms with Gasteiger partial charge in [0.2, 0.25) is 0 Å². The molecule has 0 heterocycles. The summed E-state index contributed by atoms with van der Waals surface area (Å²) in [7, 11) is 0. The van der Waals surface area contributed by atoms with E-state index in [0.29, 0.717) is 4.90 Å². The summed E-state index contributed by atoms with van der Waals surface area (Å²) < 4.78 is 12.0. The Hall–Kier alpha value is -0.630. The third-order valence-corrected chi connectivity index (χ3v) is 1.09. The Kier molecular flexibility index (Phi) is 1.44. The average Bonchev–Trinajstić information content (AvgIpc) is 1.77. The molecular formula is C6H4FS-. The molecule has 0 radical (unpaired) electrons. The van der Waals surface area contributed by atoms with Crippen LogP contribution in [0.25, 0.3) is 0 Å². The molecule has 0 atom stereocenters. The van der Waals surface area contributed by atoms with Crippen molar-refractivity contribution in [3.63, 3.8) is 0 Å². The van der Waals surface area contributed by atoms with Crippen molar-refractivity contribution in [1.82, 2.24) is 0 Å². The molecule has 0 aromatic heterocycles. The minimum absolute atomic E-state index is 0.237. The number of hydrogen-bond acceptors (Lipinski definition) is 1. The quantitative estimate of drug-likeness (QED) is 0.478. The van der Waals surface area contributed by atoms with Gasteiger partial charge in [0.05, 0.1) is 0 Å². The van der Waals surface area contributed by atoms with E-state index in [1.54, 1.807) is 12.1 Å². The van der Waals surface area contributed by atoms with Crippen molar-refractivity contribution in [1.29, 1.82) is 0 Å². The van der Waals surface area contributed by atoms with Gasteiger partial charge < -0.3 is 12.6 Å². The Morgan fingerprint density at radius 3 is 2.00 bits per heavy atom. The second-order valence-corrected chi connectivity index (χ2v) is 1.93. The summed E-state index contributed by atoms with van der Waals surface area (Å²) in [5, 5.41) is 0. The van der Waals surface area contributed by atoms with Gasteiger partial charge in [0.15, 0.2) is 0 Å². The highest BCUT2D eigenvalue weighted by molar-refractivity contribution is 7.58. The maximum Gasteiger partial charge on any atom is 0.123 e. The van der Waals surface area contributed by atoms with Gasteiger partial charge in [-0.05, 0) is 12.1 Å². The van der Waals surface area contributed by atoms with Gasteiger partial charge in [-0.1, -0.05) is 12.1 Å². The van der Waals surface area contributed by atoms with Crippen LogP contribution in [0.15, 0.2) is 29.2 Å². The summed E-state index contributed by atoms with van der Waals surface area (Å²) in [6.07, 6.45) is 0. The first kappa shape index (κ1) is 5.51. The van der Waals surface area contributed by atoms with E-state index < -0.39 is 0 Å². The zero-order valence-corrected chi connectivity index (χ0v) is 4.91. The van der Waals surface area contributed by atoms with Crippen LogP contribution in [0.5, 0.6) is 0 Å². The highest BCUT2D eigenvalue weighted by Crippen LogP contribution is 1.99. The molecule has 0 unspecified atom stereocenters. The normalized spacial score (nSPS) is 9.12. The van der Waals surface area contributed by atoms with Gasteiger partial charge in [0, 0.05) is 0 Å². The standard InChI is InChI=1S/C6H5FS/c7-5-1-3-6(8)4-2-5/h1-4,8H/p-1. The number of hydrogen-bond donors (Lipinski definition) is 0. The third-order valence-electron chi connectivity index (χ3n) is 0.814. The van der Waals surface area contributed by atoms with Crippen molar-refractivity contribution in [2.75, 3.05) is 0 Å². The second-order valence-electron chi connectivity index (χ2n) is 1.45. The second kappa shape index (κ2) is 2.09. The van der Waals surface area contributed by atoms with Crippen LogP contribution in [0.4, 0.5) is 4.39 Å². The van der Waals surface area contributed by atoms with Gasteiger partial charge in [-0.3, -0.25) is 0 Å². The summed E-state index contributed by atoms with van der Waals surface area (Å²) in [5.41, 5.74) is 0. The third kappa shape index (κ3) is 1.17. The van der Waals surface area contributed by atoms with Crippen LogP contribution in [-0.4, -0.2) is 0 Å². The van der Waals surface area contributed by atoms with E-state index in [2.05, 4.69) is 0 Å². The highest BCUT2D eigenvalue weighted by atomic mass is 32.1. The van der Waals surface area contributed by atoms with Crippen LogP contribution < -0.4 is 0 Å². The lowest BCUT2D eigenvalue weighted by Crippen LogP contribution is -1.71. The van der Waals surface area contributed by atoms with E-state index in [1.807, 2.05) is 0 Å². The molecule has 0 N–H and O–H groups in total. The Labute approximate surface area is 52.8 Å². The number of rotatable bonds is 0. The lowest BCUT2D eigenvalue weighted by Gasteiger charge is -2.00. The summed E-state index contributed by atoms with van der Waals surface area (Å²) in [5.74, 6) is -0.237. The summed E-state index contributed by atoms with van der Waals surface area (Å²) in [4.78, 5) is 0.673. The first-order valence-corrected chi connectivity index (χ1v) is 2.62. The predicted molar refractivity (Wildman–Crippen MR) is 32.0 cm³/mol. The van der Waals surface area contributed by atoms with Gasteiger partial charge in [-0.15, -0.1) is 0 Å². The molecule has 0 fully saturated rings. The first-order valence-electron chi connectivity index (χ1n) is 2.21. The highest BCUT2D eigenvalue weighted by Gasteiger charge is 1.79. The zero-order chi connectivity index (χ0) is 5.98. The lowest BCUT2D eigenvalue weighted by atomic mass is 10.4. The molecule has 0 bridgehead atoms. The van der Waals surface area contributed by atoms with Gasteiger partial charge >= 0.3 is 0 Å². The number of benzene rings is 1. The molecule has 8 heavy (non-hydrogen) atoms. The van der Waals surface area contributed by atoms with E-state index >= 15 is 0 Å². The molecule has 0 aliphatic carbocycles. The molecule has 0 nitrogen and oxygen atoms in total. The maximum atomic E-state index is 12.0. The first-order chi connectivity index (χ1) is 3.79. The fraction of sp³-hybridized carbons (Fsp3) is 0. The van der Waals surface area contributed by atoms with Crippen LogP contribution in [0.3, 0.4) is 0 Å². The molecule has 0 aliphatic rings. The minimum Gasteiger partial charge on any atom is -0.780 e. The summed E-state index contributed by atoms with van der Waals surface area (Å²) in [6.45, 7) is 0. The Morgan fingerprint density at radius 1 is 1.12 bits per heavy atom. The molecule has 42 valence electrons. The molecule has 0 saturated heterocycles. The lowest BCUT2D eigenvalue weighted by molar-refractivity contribution is 0.626. The average molecular weight is 127 g/mol. The van der Waals surface area contributed by atoms with Crippen LogP contribution in [0, 0.1) is 5.82 Å². The molecule has 0 amide bonds. The molecule has 0 spiro atoms. The fourth-order valence-corrected chi connectivity index (χ4v) is 0.571. The van der Waals surface area contributed by atoms with Gasteiger partial charge in [0.25, 0.3) is 0 Å². The van der Waals surface area contributed by atoms with Crippen LogP contribution in [0.1, 0.15) is 0 Å². The summed E-state index contributed by atoms with van der Waals surface area (Å²) >= 11 is 4.70. The summed E-state index contributed by atoms with van der Waals surface area (Å²) in [6, 6.07) is 5.82. The fourth-order valence-electron chi connectivity index (χ4n) is 0.435. The zero-order valence-electron chi connectivity index (χ0n) is 4.10. The van der Waals surface area contributed by atoms with E-state index in [4.69, 9.17) is 12.6 Å². The van der Waals surface area contributed by atoms with Crippen molar-refractivity contribution in [3.8, 4) is 0 Å². The van der Waals surface area contributed by atoms with E-state index in [9.17, 15) is 4.39 Å². The van der Waals surface area contributed by atoms with Gasteiger partial charge in [-0.25, -0.2) is 4.39 Å². The smallest absolute Gasteiger partial charge is 0.123 e. The van der Waals surface area contributed by atoms with Gasteiger partial charge in [-0.2, -0.15) is 4.90 Å². The molecule has 1 rings (SSSR count). The van der Waals surface area contributed by atoms with Crippen LogP contribution in [0.2, 0.25) is 0 Å². The topological polar surface area (TPSA) is 0 Å². The molecule has 1 aromatic carbocycles. The minimum atomic E-state index is -0.237. The van der Waals surface area contributed by atoms with E-state index in [-0.39, 0.29) is 5.82 Å². The van der Waals surface area contributed by atoms with Crippen LogP contribution >= 0.6 is 0 Å².